The molecule has 0 bridgehead atoms. The molecule has 152 valence electrons. The lowest BCUT2D eigenvalue weighted by Gasteiger charge is -2.13. The molecule has 0 amide bonds. The molecule has 0 aromatic heterocycles. The first-order chi connectivity index (χ1) is 14.7. The minimum Gasteiger partial charge on any atom is -0.465 e. The monoisotopic (exact) mass is 402 g/mol. The lowest BCUT2D eigenvalue weighted by atomic mass is 10.2. The van der Waals surface area contributed by atoms with Gasteiger partial charge in [-0.2, -0.15) is 0 Å². The Bertz CT molecular complexity index is 980. The van der Waals surface area contributed by atoms with Gasteiger partial charge >= 0.3 is 6.16 Å². The fraction of sp³-hybridized carbons (Fsp3) is 0.0800. The molecule has 3 aromatic rings. The highest BCUT2D eigenvalue weighted by Gasteiger charge is 2.09. The van der Waals surface area contributed by atoms with E-state index in [4.69, 9.17) is 19.3 Å². The van der Waals surface area contributed by atoms with Crippen molar-refractivity contribution in [3.63, 3.8) is 0 Å². The maximum Gasteiger partial charge on any atom is 0.513 e. The van der Waals surface area contributed by atoms with Crippen LogP contribution in [0.15, 0.2) is 103 Å². The van der Waals surface area contributed by atoms with Gasteiger partial charge in [0.25, 0.3) is 5.95 Å². The molecule has 0 aliphatic rings. The molecule has 0 spiro atoms. The molecule has 0 saturated heterocycles. The van der Waals surface area contributed by atoms with E-state index in [9.17, 15) is 4.79 Å². The topological polar surface area (TPSA) is 65.0 Å². The van der Waals surface area contributed by atoms with Crippen molar-refractivity contribution in [2.75, 3.05) is 6.61 Å². The number of carboxylic acid groups (broad SMARTS) is 1. The van der Waals surface area contributed by atoms with Crippen LogP contribution in [0.4, 0.5) is 4.79 Å². The van der Waals surface area contributed by atoms with Gasteiger partial charge < -0.3 is 19.3 Å². The van der Waals surface area contributed by atoms with Crippen LogP contribution in [0.5, 0.6) is 5.75 Å². The summed E-state index contributed by atoms with van der Waals surface area (Å²) in [5, 5.41) is 8.98. The maximum absolute atomic E-state index is 11.0. The van der Waals surface area contributed by atoms with Crippen LogP contribution in [0.25, 0.3) is 12.2 Å². The summed E-state index contributed by atoms with van der Waals surface area (Å²) >= 11 is 0. The van der Waals surface area contributed by atoms with Crippen LogP contribution < -0.4 is 4.74 Å². The van der Waals surface area contributed by atoms with Crippen molar-refractivity contribution < 1.29 is 24.1 Å². The minimum absolute atomic E-state index is 0.0903. The van der Waals surface area contributed by atoms with E-state index in [0.717, 1.165) is 11.1 Å². The van der Waals surface area contributed by atoms with Gasteiger partial charge in [-0.3, -0.25) is 0 Å². The molecule has 3 rings (SSSR count). The number of hydrogen-bond donors (Lipinski definition) is 1. The Balaban J connectivity index is 1.71. The molecule has 0 fully saturated rings. The van der Waals surface area contributed by atoms with Crippen molar-refractivity contribution in [3.05, 3.63) is 114 Å². The Kier molecular flexibility index (Phi) is 7.69. The van der Waals surface area contributed by atoms with Crippen LogP contribution in [0.1, 0.15) is 17.5 Å². The second kappa shape index (κ2) is 11.1. The molecular weight excluding hydrogens is 380 g/mol. The molecule has 0 heterocycles. The minimum atomic E-state index is -1.43. The van der Waals surface area contributed by atoms with Gasteiger partial charge in [-0.15, -0.1) is 0 Å². The first-order valence-electron chi connectivity index (χ1n) is 9.48. The standard InChI is InChI=1S/C25H22O5/c26-25(27)30-24(19-21-12-6-2-7-13-21)28-17-16-23(18-20-10-4-1-5-11-20)29-22-14-8-3-9-15-22/h1-15,18-19H,16-17H2,(H,26,27). The van der Waals surface area contributed by atoms with Gasteiger partial charge in [0.1, 0.15) is 11.5 Å². The second-order valence-corrected chi connectivity index (χ2v) is 6.28. The van der Waals surface area contributed by atoms with Crippen LogP contribution in [-0.2, 0) is 9.47 Å². The van der Waals surface area contributed by atoms with Crippen molar-refractivity contribution in [1.82, 2.24) is 0 Å². The Morgan fingerprint density at radius 3 is 1.87 bits per heavy atom. The molecule has 3 aromatic carbocycles. The summed E-state index contributed by atoms with van der Waals surface area (Å²) in [5.41, 5.74) is 1.76. The average Bonchev–Trinajstić information content (AvgIpc) is 2.75. The van der Waals surface area contributed by atoms with E-state index < -0.39 is 6.16 Å². The number of benzene rings is 3. The molecule has 0 aliphatic carbocycles. The number of ether oxygens (including phenoxy) is 3. The van der Waals surface area contributed by atoms with Crippen molar-refractivity contribution in [1.29, 1.82) is 0 Å². The summed E-state index contributed by atoms with van der Waals surface area (Å²) in [6.07, 6.45) is 2.44. The predicted octanol–water partition coefficient (Wildman–Crippen LogP) is 6.21. The van der Waals surface area contributed by atoms with Gasteiger partial charge in [0.2, 0.25) is 0 Å². The lowest BCUT2D eigenvalue weighted by molar-refractivity contribution is 0.0418. The highest BCUT2D eigenvalue weighted by atomic mass is 16.7. The SMILES string of the molecule is O=C(O)OC(=Cc1ccccc1)OCCC(=Cc1ccccc1)Oc1ccccc1. The van der Waals surface area contributed by atoms with E-state index in [2.05, 4.69) is 0 Å². The summed E-state index contributed by atoms with van der Waals surface area (Å²) in [6, 6.07) is 28.5. The average molecular weight is 402 g/mol. The van der Waals surface area contributed by atoms with E-state index in [0.29, 0.717) is 17.9 Å². The quantitative estimate of drug-likeness (QED) is 0.341. The van der Waals surface area contributed by atoms with Gasteiger partial charge in [-0.25, -0.2) is 4.79 Å². The molecule has 1 N–H and O–H groups in total. The third-order valence-electron chi connectivity index (χ3n) is 3.98. The van der Waals surface area contributed by atoms with Gasteiger partial charge in [0.05, 0.1) is 6.61 Å². The Morgan fingerprint density at radius 1 is 0.767 bits per heavy atom. The normalized spacial score (nSPS) is 11.6. The van der Waals surface area contributed by atoms with Gasteiger partial charge in [-0.05, 0) is 29.3 Å². The zero-order valence-corrected chi connectivity index (χ0v) is 16.3. The van der Waals surface area contributed by atoms with E-state index in [1.54, 1.807) is 0 Å². The molecule has 0 saturated carbocycles. The van der Waals surface area contributed by atoms with Crippen LogP contribution >= 0.6 is 0 Å². The zero-order valence-electron chi connectivity index (χ0n) is 16.3. The fourth-order valence-corrected chi connectivity index (χ4v) is 2.65. The number of carbonyl (C=O) groups is 1. The molecule has 5 nitrogen and oxygen atoms in total. The molecular formula is C25H22O5. The molecule has 0 atom stereocenters. The maximum atomic E-state index is 11.0. The lowest BCUT2D eigenvalue weighted by Crippen LogP contribution is -2.07. The Morgan fingerprint density at radius 2 is 1.30 bits per heavy atom. The molecule has 0 radical (unpaired) electrons. The third-order valence-corrected chi connectivity index (χ3v) is 3.98. The molecule has 30 heavy (non-hydrogen) atoms. The summed E-state index contributed by atoms with van der Waals surface area (Å²) in [4.78, 5) is 11.0. The van der Waals surface area contributed by atoms with Gasteiger partial charge in [-0.1, -0.05) is 78.9 Å². The van der Waals surface area contributed by atoms with Crippen LogP contribution in [0.2, 0.25) is 0 Å². The van der Waals surface area contributed by atoms with Gasteiger partial charge in [0, 0.05) is 12.5 Å². The van der Waals surface area contributed by atoms with Crippen LogP contribution in [0, 0.1) is 0 Å². The number of rotatable bonds is 9. The smallest absolute Gasteiger partial charge is 0.465 e. The first kappa shape index (κ1) is 20.7. The Hall–Kier alpha value is -3.99. The van der Waals surface area contributed by atoms with E-state index in [1.807, 2.05) is 97.1 Å². The predicted molar refractivity (Wildman–Crippen MR) is 116 cm³/mol. The number of hydrogen-bond acceptors (Lipinski definition) is 4. The van der Waals surface area contributed by atoms with E-state index in [1.165, 1.54) is 6.08 Å². The molecule has 5 heteroatoms. The highest BCUT2D eigenvalue weighted by molar-refractivity contribution is 5.61. The van der Waals surface area contributed by atoms with Gasteiger partial charge in [0.15, 0.2) is 0 Å². The van der Waals surface area contributed by atoms with Crippen molar-refractivity contribution in [2.24, 2.45) is 0 Å². The van der Waals surface area contributed by atoms with E-state index in [-0.39, 0.29) is 12.6 Å². The second-order valence-electron chi connectivity index (χ2n) is 6.28. The van der Waals surface area contributed by atoms with Crippen LogP contribution in [-0.4, -0.2) is 17.9 Å². The first-order valence-corrected chi connectivity index (χ1v) is 9.48. The highest BCUT2D eigenvalue weighted by Crippen LogP contribution is 2.19. The summed E-state index contributed by atoms with van der Waals surface area (Å²) < 4.78 is 16.4. The molecule has 0 unspecified atom stereocenters. The van der Waals surface area contributed by atoms with Crippen molar-refractivity contribution in [3.8, 4) is 5.75 Å². The van der Waals surface area contributed by atoms with E-state index >= 15 is 0 Å². The summed E-state index contributed by atoms with van der Waals surface area (Å²) in [7, 11) is 0. The largest absolute Gasteiger partial charge is 0.513 e. The number of para-hydroxylation sites is 1. The fourth-order valence-electron chi connectivity index (χ4n) is 2.65. The molecule has 0 aliphatic heterocycles. The zero-order chi connectivity index (χ0) is 21.0. The summed E-state index contributed by atoms with van der Waals surface area (Å²) in [6.45, 7) is 0.178. The van der Waals surface area contributed by atoms with Crippen molar-refractivity contribution in [2.45, 2.75) is 6.42 Å². The van der Waals surface area contributed by atoms with Crippen molar-refractivity contribution >= 4 is 18.3 Å². The Labute approximate surface area is 175 Å². The van der Waals surface area contributed by atoms with Crippen LogP contribution in [0.3, 0.4) is 0 Å². The third kappa shape index (κ3) is 7.20. The summed E-state index contributed by atoms with van der Waals surface area (Å²) in [5.74, 6) is 1.30.